The van der Waals surface area contributed by atoms with Crippen molar-refractivity contribution in [3.8, 4) is 0 Å². The number of alkyl halides is 3. The molecular weight excluding hydrogens is 581 g/mol. The molecule has 2 amide bonds. The highest BCUT2D eigenvalue weighted by molar-refractivity contribution is 5.99. The van der Waals surface area contributed by atoms with Crippen molar-refractivity contribution in [3.63, 3.8) is 0 Å². The molecule has 1 aromatic heterocycles. The molecule has 1 saturated carbocycles. The third-order valence-corrected chi connectivity index (χ3v) is 9.16. The number of aliphatic hydroxyl groups excluding tert-OH is 1. The maximum atomic E-state index is 13.7. The second kappa shape index (κ2) is 13.8. The number of aliphatic hydroxyl groups is 1. The van der Waals surface area contributed by atoms with Crippen LogP contribution >= 0.6 is 0 Å². The molecule has 45 heavy (non-hydrogen) atoms. The largest absolute Gasteiger partial charge is 0.416 e. The molecule has 0 saturated heterocycles. The van der Waals surface area contributed by atoms with Crippen molar-refractivity contribution < 1.29 is 27.9 Å². The van der Waals surface area contributed by atoms with Crippen LogP contribution in [0.5, 0.6) is 0 Å². The van der Waals surface area contributed by atoms with E-state index in [2.05, 4.69) is 24.5 Å². The molecule has 0 spiro atoms. The molecule has 2 heterocycles. The molecule has 1 aliphatic carbocycles. The molecule has 3 N–H and O–H groups in total. The second-order valence-corrected chi connectivity index (χ2v) is 12.4. The minimum Gasteiger partial charge on any atom is -0.390 e. The average molecular weight is 625 g/mol. The van der Waals surface area contributed by atoms with Gasteiger partial charge in [-0.25, -0.2) is 0 Å². The van der Waals surface area contributed by atoms with Crippen LogP contribution in [0, 0.1) is 0 Å². The number of benzene rings is 2. The van der Waals surface area contributed by atoms with Crippen molar-refractivity contribution >= 4 is 11.8 Å². The van der Waals surface area contributed by atoms with Crippen LogP contribution in [0.25, 0.3) is 0 Å². The fourth-order valence-corrected chi connectivity index (χ4v) is 6.54. The number of aromatic nitrogens is 1. The van der Waals surface area contributed by atoms with Crippen molar-refractivity contribution in [1.82, 2.24) is 20.1 Å². The van der Waals surface area contributed by atoms with E-state index < -0.39 is 29.4 Å². The number of carbonyl (C=O) groups excluding carboxylic acids is 2. The van der Waals surface area contributed by atoms with Gasteiger partial charge in [-0.15, -0.1) is 0 Å². The highest BCUT2D eigenvalue weighted by Crippen LogP contribution is 2.46. The van der Waals surface area contributed by atoms with Gasteiger partial charge in [0, 0.05) is 31.2 Å². The van der Waals surface area contributed by atoms with Crippen molar-refractivity contribution in [3.05, 3.63) is 94.8 Å². The van der Waals surface area contributed by atoms with Crippen LogP contribution in [0.3, 0.4) is 0 Å². The molecule has 2 aromatic carbocycles. The van der Waals surface area contributed by atoms with E-state index in [1.54, 1.807) is 22.8 Å². The zero-order valence-electron chi connectivity index (χ0n) is 25.9. The van der Waals surface area contributed by atoms with Crippen LogP contribution in [0.1, 0.15) is 90.0 Å². The van der Waals surface area contributed by atoms with Gasteiger partial charge < -0.3 is 25.2 Å². The van der Waals surface area contributed by atoms with Crippen LogP contribution in [-0.2, 0) is 24.7 Å². The van der Waals surface area contributed by atoms with Gasteiger partial charge in [0.05, 0.1) is 17.7 Å². The quantitative estimate of drug-likeness (QED) is 0.208. The first-order chi connectivity index (χ1) is 21.6. The van der Waals surface area contributed by atoms with Gasteiger partial charge >= 0.3 is 6.18 Å². The zero-order chi connectivity index (χ0) is 32.2. The van der Waals surface area contributed by atoms with Crippen LogP contribution < -0.4 is 10.6 Å². The summed E-state index contributed by atoms with van der Waals surface area (Å²) < 4.78 is 41.8. The van der Waals surface area contributed by atoms with Crippen molar-refractivity contribution in [1.29, 1.82) is 0 Å². The summed E-state index contributed by atoms with van der Waals surface area (Å²) in [5.74, 6) is -0.457. The first-order valence-electron chi connectivity index (χ1n) is 16.0. The number of rotatable bonds is 14. The number of carbonyl (C=O) groups is 2. The summed E-state index contributed by atoms with van der Waals surface area (Å²) in [6, 6.07) is 17.7. The van der Waals surface area contributed by atoms with Gasteiger partial charge in [0.2, 0.25) is 0 Å². The van der Waals surface area contributed by atoms with E-state index in [0.29, 0.717) is 49.3 Å². The number of nitrogens with one attached hydrogen (secondary N) is 2. The van der Waals surface area contributed by atoms with E-state index in [0.717, 1.165) is 37.3 Å². The minimum atomic E-state index is -4.44. The molecule has 2 unspecified atom stereocenters. The number of nitrogens with zero attached hydrogens (tertiary/aromatic N) is 2. The Balaban J connectivity index is 1.31. The number of fused-ring (bicyclic) bond motifs is 1. The Hall–Kier alpha value is -3.63. The molecule has 1 aliphatic heterocycles. The molecule has 0 radical (unpaired) electrons. The summed E-state index contributed by atoms with van der Waals surface area (Å²) in [5.41, 5.74) is 0.951. The third kappa shape index (κ3) is 7.44. The maximum Gasteiger partial charge on any atom is 0.416 e. The van der Waals surface area contributed by atoms with Crippen molar-refractivity contribution in [2.24, 2.45) is 0 Å². The standard InChI is InChI=1S/C35H43F3N4O3/c1-3-9-27(10-4-2)41-19-20-42-29(15-16-30(42)33(41)45)32(44)40-28(21-24-11-6-5-7-12-24)31(43)23-39-34(17-18-34)25-13-8-14-26(22-25)35(36,37)38/h5-8,11-16,22,27-28,31,39,43H,3-4,9-10,17-21,23H2,1-2H3,(H,40,44). The van der Waals surface area contributed by atoms with E-state index in [1.165, 1.54) is 12.1 Å². The monoisotopic (exact) mass is 624 g/mol. The van der Waals surface area contributed by atoms with E-state index in [9.17, 15) is 27.9 Å². The molecule has 0 bridgehead atoms. The average Bonchev–Trinajstić information content (AvgIpc) is 3.69. The van der Waals surface area contributed by atoms with E-state index in [4.69, 9.17) is 0 Å². The smallest absolute Gasteiger partial charge is 0.390 e. The normalized spacial score (nSPS) is 17.2. The summed E-state index contributed by atoms with van der Waals surface area (Å²) >= 11 is 0. The molecule has 2 atom stereocenters. The van der Waals surface area contributed by atoms with Crippen LogP contribution in [-0.4, -0.2) is 57.7 Å². The number of hydrogen-bond acceptors (Lipinski definition) is 4. The minimum absolute atomic E-state index is 0.0680. The van der Waals surface area contributed by atoms with Gasteiger partial charge in [-0.2, -0.15) is 13.2 Å². The highest BCUT2D eigenvalue weighted by Gasteiger charge is 2.45. The third-order valence-electron chi connectivity index (χ3n) is 9.16. The van der Waals surface area contributed by atoms with Crippen LogP contribution in [0.2, 0.25) is 0 Å². The van der Waals surface area contributed by atoms with Gasteiger partial charge in [-0.3, -0.25) is 9.59 Å². The molecule has 242 valence electrons. The summed E-state index contributed by atoms with van der Waals surface area (Å²) in [4.78, 5) is 29.1. The molecule has 1 fully saturated rings. The lowest BCUT2D eigenvalue weighted by atomic mass is 9.98. The fourth-order valence-electron chi connectivity index (χ4n) is 6.54. The number of amides is 2. The summed E-state index contributed by atoms with van der Waals surface area (Å²) in [6.07, 6.45) is 0.0333. The van der Waals surface area contributed by atoms with E-state index in [-0.39, 0.29) is 24.4 Å². The Labute approximate surface area is 262 Å². The van der Waals surface area contributed by atoms with Gasteiger partial charge in [0.1, 0.15) is 11.4 Å². The number of hydrogen-bond donors (Lipinski definition) is 3. The molecule has 2 aliphatic rings. The predicted octanol–water partition coefficient (Wildman–Crippen LogP) is 5.91. The maximum absolute atomic E-state index is 13.7. The van der Waals surface area contributed by atoms with Crippen LogP contribution in [0.15, 0.2) is 66.7 Å². The summed E-state index contributed by atoms with van der Waals surface area (Å²) in [5, 5.41) is 17.7. The lowest BCUT2D eigenvalue weighted by Crippen LogP contribution is -2.51. The Kier molecular flexibility index (Phi) is 10.0. The van der Waals surface area contributed by atoms with Crippen LogP contribution in [0.4, 0.5) is 13.2 Å². The van der Waals surface area contributed by atoms with E-state index >= 15 is 0 Å². The van der Waals surface area contributed by atoms with Crippen molar-refractivity contribution in [2.75, 3.05) is 13.1 Å². The molecule has 3 aromatic rings. The lowest BCUT2D eigenvalue weighted by molar-refractivity contribution is -0.137. The Morgan fingerprint density at radius 3 is 2.33 bits per heavy atom. The highest BCUT2D eigenvalue weighted by atomic mass is 19.4. The SMILES string of the molecule is CCCC(CCC)N1CCn2c(C(=O)NC(Cc3ccccc3)C(O)CNC3(c4cccc(C(F)(F)F)c4)CC3)ccc2C1=O. The van der Waals surface area contributed by atoms with Gasteiger partial charge in [-0.1, -0.05) is 69.2 Å². The zero-order valence-corrected chi connectivity index (χ0v) is 25.9. The van der Waals surface area contributed by atoms with Crippen molar-refractivity contribution in [2.45, 2.75) is 95.2 Å². The predicted molar refractivity (Wildman–Crippen MR) is 167 cm³/mol. The molecule has 7 nitrogen and oxygen atoms in total. The Bertz CT molecular complexity index is 1460. The van der Waals surface area contributed by atoms with Gasteiger partial charge in [0.15, 0.2) is 0 Å². The molecule has 10 heteroatoms. The molecule has 5 rings (SSSR count). The van der Waals surface area contributed by atoms with Gasteiger partial charge in [0.25, 0.3) is 11.8 Å². The first-order valence-corrected chi connectivity index (χ1v) is 16.0. The topological polar surface area (TPSA) is 86.6 Å². The molecular formula is C35H43F3N4O3. The fraction of sp³-hybridized carbons (Fsp3) is 0.486. The van der Waals surface area contributed by atoms with E-state index in [1.807, 2.05) is 35.2 Å². The first kappa shape index (κ1) is 32.8. The summed E-state index contributed by atoms with van der Waals surface area (Å²) in [7, 11) is 0. The summed E-state index contributed by atoms with van der Waals surface area (Å²) in [6.45, 7) is 5.35. The Morgan fingerprint density at radius 2 is 1.69 bits per heavy atom. The second-order valence-electron chi connectivity index (χ2n) is 12.4. The lowest BCUT2D eigenvalue weighted by Gasteiger charge is -2.36. The van der Waals surface area contributed by atoms with Gasteiger partial charge in [-0.05, 0) is 67.5 Å². The number of halogens is 3. The Morgan fingerprint density at radius 1 is 0.978 bits per heavy atom.